The first kappa shape index (κ1) is 89.1. The Morgan fingerprint density at radius 3 is 1.18 bits per heavy atom. The van der Waals surface area contributed by atoms with E-state index in [0.717, 1.165) is 184 Å². The molecule has 3 fully saturated rings. The van der Waals surface area contributed by atoms with E-state index in [-0.39, 0.29) is 53.4 Å². The molecule has 0 saturated carbocycles. The van der Waals surface area contributed by atoms with Crippen molar-refractivity contribution in [2.45, 2.75) is 20.5 Å². The van der Waals surface area contributed by atoms with Crippen LogP contribution in [0.4, 0.5) is 28.4 Å². The largest absolute Gasteiger partial charge is 0.497 e. The van der Waals surface area contributed by atoms with Gasteiger partial charge in [-0.15, -0.1) is 47.2 Å². The Labute approximate surface area is 731 Å². The number of nitrogen functional groups attached to an aromatic ring is 1. The number of anilines is 5. The van der Waals surface area contributed by atoms with Crippen LogP contribution in [0.2, 0.25) is 20.1 Å². The molecule has 0 aliphatic carbocycles. The lowest BCUT2D eigenvalue weighted by Crippen LogP contribution is -2.44. The molecule has 6 aromatic heterocycles. The fourth-order valence-corrected chi connectivity index (χ4v) is 15.6. The Hall–Kier alpha value is -9.69. The maximum atomic E-state index is 13.9. The van der Waals surface area contributed by atoms with Crippen LogP contribution in [0.25, 0.3) is 100.0 Å². The van der Waals surface area contributed by atoms with Crippen molar-refractivity contribution >= 4 is 188 Å². The number of likely N-dealkylation sites (N-methyl/N-ethyl adjacent to an activating group) is 3. The van der Waals surface area contributed by atoms with Gasteiger partial charge in [-0.3, -0.25) is 14.4 Å². The fourth-order valence-electron chi connectivity index (χ4n) is 14.7. The summed E-state index contributed by atoms with van der Waals surface area (Å²) in [5.41, 5.74) is 26.2. The van der Waals surface area contributed by atoms with Gasteiger partial charge in [0.15, 0.2) is 0 Å². The number of piperazine rings is 3. The third-order valence-electron chi connectivity index (χ3n) is 21.4. The first-order valence-corrected chi connectivity index (χ1v) is 40.2. The summed E-state index contributed by atoms with van der Waals surface area (Å²) in [6.07, 6.45) is 0. The molecule has 0 bridgehead atoms. The van der Waals surface area contributed by atoms with Gasteiger partial charge >= 0.3 is 0 Å². The van der Waals surface area contributed by atoms with Gasteiger partial charge in [0.2, 0.25) is 0 Å². The number of ether oxygens (including phenoxy) is 4. The van der Waals surface area contributed by atoms with Gasteiger partial charge in [0.1, 0.15) is 57.2 Å². The second kappa shape index (κ2) is 39.5. The number of H-pyrrole nitrogens is 3. The number of fused-ring (bicyclic) bond motifs is 6. The molecule has 3 aliphatic heterocycles. The highest BCUT2D eigenvalue weighted by molar-refractivity contribution is 14.0. The van der Waals surface area contributed by atoms with Gasteiger partial charge in [-0.25, -0.2) is 15.0 Å². The molecule has 9 heterocycles. The number of aryl methyl sites for hydroxylation is 3. The monoisotopic (exact) mass is 1830 g/mol. The zero-order chi connectivity index (χ0) is 82.3. The third kappa shape index (κ3) is 19.3. The SMILES string of the molecule is C.CN1CCN(c2ccc3nc(-c4c(Cl)c5cc(Cl)ccc5n(C)c4=O)[nH]c3c2)CC1.CN1CCN(c2ccc3nc(-c4c(N)c5cc(Cl)ccc5n(C)c4=O)[nH]c3c2)CC1.COc1ccc(CN)c(OC)c1.COc1ccc(CNc2c(-c3nc4ccc(N5CCN(C)CC5)cc4[nH]3)c(=O)n(C)c3ccc(Cl)cc23)c(OC)c1.ClCCl.I. The second-order valence-corrected chi connectivity index (χ2v) is 31.0. The number of nitrogens with two attached hydrogens (primary N) is 2. The standard InChI is InChI=1S/C31H33ClN6O3.C22H21Cl2N5O.C22H23ClN6O.C9H13NO2.CH2Cl2.CH4.HI/c1-36-11-13-38(14-12-36)21-7-9-24-25(16-21)35-30(34-24)28-29(23-15-20(32)6-10-26(23)37(2)31(28)39)33-18-19-5-8-22(40-3)17-27(19)41-4;2*1-27-7-9-29(10-8-27)14-4-5-16-17(12-14)26-21(25-16)19-20(24)15-11-13(23)3-6-18(15)28(2)22(19)30;1-11-8-4-3-7(6-10)9(5-8)12-2;2-1-3;;/h5-10,15-17,33H,11-14,18H2,1-4H3,(H,34,35);3-6,11-12H,7-10H2,1-2H3,(H,25,26);3-6,11-12H,7-10,24H2,1-2H3,(H,25,26);3-5H,6,10H2,1-2H3;1H2;1H4;1H. The lowest BCUT2D eigenvalue weighted by molar-refractivity contribution is 0.313. The third-order valence-corrected chi connectivity index (χ3v) is 22.5. The van der Waals surface area contributed by atoms with Crippen LogP contribution in [-0.2, 0) is 34.2 Å². The number of methoxy groups -OCH3 is 4. The van der Waals surface area contributed by atoms with Crippen LogP contribution in [0.5, 0.6) is 23.0 Å². The minimum Gasteiger partial charge on any atom is -0.497 e. The van der Waals surface area contributed by atoms with Crippen LogP contribution >= 0.6 is 93.6 Å². The van der Waals surface area contributed by atoms with Gasteiger partial charge < -0.3 is 93.8 Å². The Morgan fingerprint density at radius 2 is 0.771 bits per heavy atom. The van der Waals surface area contributed by atoms with E-state index in [1.54, 1.807) is 106 Å². The van der Waals surface area contributed by atoms with Crippen molar-refractivity contribution in [3.63, 3.8) is 0 Å². The van der Waals surface area contributed by atoms with Crippen LogP contribution in [0.1, 0.15) is 18.6 Å². The van der Waals surface area contributed by atoms with Crippen molar-refractivity contribution in [3.8, 4) is 57.2 Å². The molecule has 622 valence electrons. The average Bonchev–Trinajstić information content (AvgIpc) is 1.41. The van der Waals surface area contributed by atoms with E-state index in [0.29, 0.717) is 90.2 Å². The van der Waals surface area contributed by atoms with Gasteiger partial charge in [0.25, 0.3) is 16.7 Å². The number of aromatic amines is 3. The number of imidazole rings is 3. The molecule has 0 unspecified atom stereocenters. The Bertz CT molecular complexity index is 5920. The van der Waals surface area contributed by atoms with Crippen molar-refractivity contribution in [1.29, 1.82) is 0 Å². The van der Waals surface area contributed by atoms with E-state index in [4.69, 9.17) is 105 Å². The van der Waals surface area contributed by atoms with E-state index >= 15 is 0 Å². The lowest BCUT2D eigenvalue weighted by Gasteiger charge is -2.34. The van der Waals surface area contributed by atoms with Gasteiger partial charge in [-0.2, -0.15) is 0 Å². The zero-order valence-corrected chi connectivity index (χ0v) is 73.4. The number of alkyl halides is 2. The molecule has 3 saturated heterocycles. The predicted octanol–water partition coefficient (Wildman–Crippen LogP) is 16.2. The van der Waals surface area contributed by atoms with Crippen LogP contribution in [0.15, 0.2) is 160 Å². The summed E-state index contributed by atoms with van der Waals surface area (Å²) in [7, 11) is 18.2. The highest BCUT2D eigenvalue weighted by atomic mass is 127. The summed E-state index contributed by atoms with van der Waals surface area (Å²) in [5, 5.41) is 8.06. The summed E-state index contributed by atoms with van der Waals surface area (Å²) >= 11 is 35.0. The summed E-state index contributed by atoms with van der Waals surface area (Å²) in [5.74, 6) is 4.39. The minimum atomic E-state index is -0.201. The van der Waals surface area contributed by atoms with Crippen molar-refractivity contribution in [3.05, 3.63) is 208 Å². The Morgan fingerprint density at radius 1 is 0.424 bits per heavy atom. The van der Waals surface area contributed by atoms with Crippen LogP contribution in [0, 0.1) is 0 Å². The van der Waals surface area contributed by atoms with Crippen molar-refractivity contribution in [1.82, 2.24) is 58.3 Å². The number of pyridine rings is 3. The minimum absolute atomic E-state index is 0. The topological polar surface area (TPSA) is 272 Å². The molecule has 32 heteroatoms. The van der Waals surface area contributed by atoms with E-state index in [1.165, 1.54) is 0 Å². The number of hydrogen-bond acceptors (Lipinski definition) is 19. The molecule has 0 spiro atoms. The van der Waals surface area contributed by atoms with E-state index in [9.17, 15) is 14.4 Å². The number of nitrogens with zero attached hydrogens (tertiary/aromatic N) is 12. The highest BCUT2D eigenvalue weighted by Gasteiger charge is 2.26. The summed E-state index contributed by atoms with van der Waals surface area (Å²) in [6, 6.07) is 46.0. The normalized spacial score (nSPS) is 13.9. The molecular weight excluding hydrogens is 1740 g/mol. The van der Waals surface area contributed by atoms with E-state index in [2.05, 4.69) is 117 Å². The molecule has 0 atom stereocenters. The highest BCUT2D eigenvalue weighted by Crippen LogP contribution is 2.39. The van der Waals surface area contributed by atoms with Gasteiger partial charge in [0, 0.05) is 184 Å². The second-order valence-electron chi connectivity index (χ2n) is 28.6. The lowest BCUT2D eigenvalue weighted by atomic mass is 10.1. The number of aromatic nitrogens is 9. The van der Waals surface area contributed by atoms with Crippen LogP contribution < -0.4 is 67.1 Å². The molecule has 3 aliphatic rings. The molecule has 8 N–H and O–H groups in total. The first-order chi connectivity index (χ1) is 55.9. The number of halogens is 7. The maximum Gasteiger partial charge on any atom is 0.263 e. The van der Waals surface area contributed by atoms with Crippen LogP contribution in [0.3, 0.4) is 0 Å². The number of benzene rings is 8. The smallest absolute Gasteiger partial charge is 0.263 e. The quantitative estimate of drug-likeness (QED) is 0.0436. The zero-order valence-electron chi connectivity index (χ0n) is 66.5. The molecule has 25 nitrogen and oxygen atoms in total. The number of nitrogens with one attached hydrogen (secondary N) is 4. The summed E-state index contributed by atoms with van der Waals surface area (Å²) in [4.78, 5) is 78.4. The van der Waals surface area contributed by atoms with Crippen molar-refractivity contribution in [2.75, 3.05) is 159 Å². The van der Waals surface area contributed by atoms with Gasteiger partial charge in [0.05, 0.1) is 99.8 Å². The fraction of sp³-hybridized carbons (Fsp3) is 0.302. The van der Waals surface area contributed by atoms with Crippen molar-refractivity contribution < 1.29 is 18.9 Å². The molecule has 8 aromatic carbocycles. The number of rotatable bonds is 14. The molecule has 0 amide bonds. The van der Waals surface area contributed by atoms with Crippen LogP contribution in [-0.4, -0.2) is 192 Å². The molecule has 118 heavy (non-hydrogen) atoms. The molecule has 0 radical (unpaired) electrons. The maximum absolute atomic E-state index is 13.9. The Balaban J connectivity index is 0.000000160. The summed E-state index contributed by atoms with van der Waals surface area (Å²) in [6.45, 7) is 13.0. The van der Waals surface area contributed by atoms with Gasteiger partial charge in [-0.05, 0) is 149 Å². The molecule has 14 aromatic rings. The van der Waals surface area contributed by atoms with Gasteiger partial charge in [-0.1, -0.05) is 59.9 Å². The predicted molar refractivity (Wildman–Crippen MR) is 499 cm³/mol. The van der Waals surface area contributed by atoms with E-state index < -0.39 is 0 Å². The molecule has 17 rings (SSSR count). The molecular formula is C86H97Cl6IN18O7. The number of hydrogen-bond donors (Lipinski definition) is 6. The van der Waals surface area contributed by atoms with Crippen molar-refractivity contribution in [2.24, 2.45) is 26.9 Å². The van der Waals surface area contributed by atoms with E-state index in [1.807, 2.05) is 66.7 Å². The Kier molecular flexibility index (Phi) is 29.8. The summed E-state index contributed by atoms with van der Waals surface area (Å²) < 4.78 is 25.9. The average molecular weight is 1830 g/mol. The first-order valence-electron chi connectivity index (χ1n) is 37.6.